The molecule has 2 aromatic carbocycles. The van der Waals surface area contributed by atoms with Gasteiger partial charge in [0.05, 0.1) is 14.2 Å². The van der Waals surface area contributed by atoms with Gasteiger partial charge in [-0.15, -0.1) is 0 Å². The first-order valence-electron chi connectivity index (χ1n) is 7.45. The van der Waals surface area contributed by atoms with E-state index in [1.807, 2.05) is 0 Å². The van der Waals surface area contributed by atoms with Gasteiger partial charge in [-0.1, -0.05) is 18.2 Å². The number of benzene rings is 2. The van der Waals surface area contributed by atoms with Crippen LogP contribution in [0.2, 0.25) is 0 Å². The highest BCUT2D eigenvalue weighted by Gasteiger charge is 2.43. The molecule has 3 rings (SSSR count). The molecule has 7 nitrogen and oxygen atoms in total. The zero-order valence-corrected chi connectivity index (χ0v) is 13.6. The maximum Gasteiger partial charge on any atom is 0.342 e. The van der Waals surface area contributed by atoms with Gasteiger partial charge in [0.2, 0.25) is 0 Å². The van der Waals surface area contributed by atoms with Crippen LogP contribution in [-0.2, 0) is 14.3 Å². The zero-order valence-electron chi connectivity index (χ0n) is 13.6. The Morgan fingerprint density at radius 2 is 1.88 bits per heavy atom. The van der Waals surface area contributed by atoms with Crippen LogP contribution < -0.4 is 4.74 Å². The first-order chi connectivity index (χ1) is 12.0. The molecule has 1 heterocycles. The molecule has 1 aliphatic heterocycles. The molecule has 0 radical (unpaired) electrons. The minimum absolute atomic E-state index is 0.0631. The molecule has 130 valence electrons. The molecule has 0 saturated carbocycles. The summed E-state index contributed by atoms with van der Waals surface area (Å²) in [6.07, 6.45) is -1.01. The van der Waals surface area contributed by atoms with Crippen LogP contribution in [0.25, 0.3) is 0 Å². The van der Waals surface area contributed by atoms with Gasteiger partial charge in [-0.3, -0.25) is 4.79 Å². The van der Waals surface area contributed by atoms with Gasteiger partial charge in [0.25, 0.3) is 0 Å². The molecule has 2 atom stereocenters. The topological polar surface area (TPSA) is 102 Å². The molecule has 0 saturated heterocycles. The number of cyclic esters (lactones) is 1. The van der Waals surface area contributed by atoms with E-state index < -0.39 is 24.0 Å². The Morgan fingerprint density at radius 3 is 2.52 bits per heavy atom. The quantitative estimate of drug-likeness (QED) is 0.824. The number of methoxy groups -OCH3 is 2. The summed E-state index contributed by atoms with van der Waals surface area (Å²) in [5.41, 5.74) is 0.645. The number of ether oxygens (including phenoxy) is 3. The molecule has 25 heavy (non-hydrogen) atoms. The number of aromatic hydroxyl groups is 2. The fraction of sp³-hybridized carbons (Fsp3) is 0.222. The molecular weight excluding hydrogens is 328 g/mol. The van der Waals surface area contributed by atoms with Gasteiger partial charge < -0.3 is 24.4 Å². The van der Waals surface area contributed by atoms with E-state index in [9.17, 15) is 19.8 Å². The lowest BCUT2D eigenvalue weighted by Gasteiger charge is -2.31. The summed E-state index contributed by atoms with van der Waals surface area (Å²) in [7, 11) is 2.63. The number of phenols is 2. The lowest BCUT2D eigenvalue weighted by atomic mass is 9.83. The minimum Gasteiger partial charge on any atom is -0.507 e. The van der Waals surface area contributed by atoms with Crippen LogP contribution in [0, 0.1) is 0 Å². The highest BCUT2D eigenvalue weighted by Crippen LogP contribution is 2.45. The van der Waals surface area contributed by atoms with Crippen molar-refractivity contribution in [3.8, 4) is 17.2 Å². The van der Waals surface area contributed by atoms with Crippen LogP contribution in [-0.4, -0.2) is 36.4 Å². The lowest BCUT2D eigenvalue weighted by Crippen LogP contribution is -2.32. The number of hydrogen-bond acceptors (Lipinski definition) is 7. The van der Waals surface area contributed by atoms with Crippen LogP contribution in [0.3, 0.4) is 0 Å². The van der Waals surface area contributed by atoms with E-state index in [0.29, 0.717) is 11.1 Å². The summed E-state index contributed by atoms with van der Waals surface area (Å²) < 4.78 is 15.2. The second-order valence-electron chi connectivity index (χ2n) is 5.50. The molecule has 7 heteroatoms. The first kappa shape index (κ1) is 16.6. The molecular formula is C18H16O7. The Bertz CT molecular complexity index is 843. The third kappa shape index (κ3) is 2.73. The van der Waals surface area contributed by atoms with E-state index in [1.165, 1.54) is 38.5 Å². The van der Waals surface area contributed by atoms with Crippen LogP contribution in [0.15, 0.2) is 36.4 Å². The second-order valence-corrected chi connectivity index (χ2v) is 5.50. The van der Waals surface area contributed by atoms with Crippen LogP contribution in [0.4, 0.5) is 0 Å². The van der Waals surface area contributed by atoms with E-state index in [0.717, 1.165) is 0 Å². The standard InChI is InChI=1S/C18H16O7/c1-23-13-7-6-9(8-12(13)20)16-15(17(21)24-2)10-4-3-5-11(19)14(10)18(22)25-16/h3-8,15-16,19-20H,1-2H3. The highest BCUT2D eigenvalue weighted by molar-refractivity contribution is 5.98. The molecule has 0 aliphatic carbocycles. The largest absolute Gasteiger partial charge is 0.507 e. The fourth-order valence-corrected chi connectivity index (χ4v) is 2.97. The molecule has 1 aliphatic rings. The normalized spacial score (nSPS) is 18.9. The number of carbonyl (C=O) groups is 2. The average molecular weight is 344 g/mol. The molecule has 2 aromatic rings. The summed E-state index contributed by atoms with van der Waals surface area (Å²) in [5, 5.41) is 19.9. The first-order valence-corrected chi connectivity index (χ1v) is 7.45. The van der Waals surface area contributed by atoms with Crippen molar-refractivity contribution >= 4 is 11.9 Å². The molecule has 0 spiro atoms. The predicted octanol–water partition coefficient (Wildman–Crippen LogP) is 2.27. The number of phenolic OH excluding ortho intramolecular Hbond substituents is 2. The SMILES string of the molecule is COC(=O)C1c2cccc(O)c2C(=O)OC1c1ccc(OC)c(O)c1. The monoisotopic (exact) mass is 344 g/mol. The smallest absolute Gasteiger partial charge is 0.342 e. The van der Waals surface area contributed by atoms with Crippen LogP contribution in [0.1, 0.15) is 33.5 Å². The van der Waals surface area contributed by atoms with E-state index in [2.05, 4.69) is 0 Å². The summed E-state index contributed by atoms with van der Waals surface area (Å²) >= 11 is 0. The Kier molecular flexibility index (Phi) is 4.22. The summed E-state index contributed by atoms with van der Waals surface area (Å²) in [6.45, 7) is 0. The third-order valence-corrected chi connectivity index (χ3v) is 4.14. The number of rotatable bonds is 3. The summed E-state index contributed by atoms with van der Waals surface area (Å²) in [4.78, 5) is 24.7. The predicted molar refractivity (Wildman–Crippen MR) is 85.7 cm³/mol. The van der Waals surface area contributed by atoms with Gasteiger partial charge in [0, 0.05) is 0 Å². The summed E-state index contributed by atoms with van der Waals surface area (Å²) in [5.74, 6) is -2.53. The summed E-state index contributed by atoms with van der Waals surface area (Å²) in [6, 6.07) is 8.89. The molecule has 0 bridgehead atoms. The second kappa shape index (κ2) is 6.35. The maximum atomic E-state index is 12.4. The molecule has 2 unspecified atom stereocenters. The lowest BCUT2D eigenvalue weighted by molar-refractivity contribution is -0.146. The average Bonchev–Trinajstić information content (AvgIpc) is 2.60. The Hall–Kier alpha value is -3.22. The van der Waals surface area contributed by atoms with Crippen molar-refractivity contribution in [2.45, 2.75) is 12.0 Å². The van der Waals surface area contributed by atoms with Gasteiger partial charge in [-0.05, 0) is 29.3 Å². The molecule has 2 N–H and O–H groups in total. The van der Waals surface area contributed by atoms with Gasteiger partial charge in [-0.2, -0.15) is 0 Å². The van der Waals surface area contributed by atoms with Crippen LogP contribution >= 0.6 is 0 Å². The third-order valence-electron chi connectivity index (χ3n) is 4.14. The Balaban J connectivity index is 2.14. The van der Waals surface area contributed by atoms with Gasteiger partial charge in [-0.25, -0.2) is 4.79 Å². The number of hydrogen-bond donors (Lipinski definition) is 2. The molecule has 0 aromatic heterocycles. The van der Waals surface area contributed by atoms with Crippen molar-refractivity contribution in [2.24, 2.45) is 0 Å². The van der Waals surface area contributed by atoms with Crippen molar-refractivity contribution in [1.82, 2.24) is 0 Å². The van der Waals surface area contributed by atoms with Crippen molar-refractivity contribution in [1.29, 1.82) is 0 Å². The van der Waals surface area contributed by atoms with E-state index in [1.54, 1.807) is 12.1 Å². The van der Waals surface area contributed by atoms with Crippen molar-refractivity contribution in [3.05, 3.63) is 53.1 Å². The van der Waals surface area contributed by atoms with E-state index in [4.69, 9.17) is 14.2 Å². The number of carbonyl (C=O) groups excluding carboxylic acids is 2. The van der Waals surface area contributed by atoms with Crippen LogP contribution in [0.5, 0.6) is 17.2 Å². The van der Waals surface area contributed by atoms with E-state index in [-0.39, 0.29) is 22.8 Å². The molecule has 0 amide bonds. The molecule has 0 fully saturated rings. The maximum absolute atomic E-state index is 12.4. The van der Waals surface area contributed by atoms with Gasteiger partial charge >= 0.3 is 11.9 Å². The fourth-order valence-electron chi connectivity index (χ4n) is 2.97. The number of esters is 2. The van der Waals surface area contributed by atoms with Gasteiger partial charge in [0.15, 0.2) is 11.5 Å². The van der Waals surface area contributed by atoms with Gasteiger partial charge in [0.1, 0.15) is 23.3 Å². The Morgan fingerprint density at radius 1 is 1.12 bits per heavy atom. The highest BCUT2D eigenvalue weighted by atomic mass is 16.6. The van der Waals surface area contributed by atoms with Crippen molar-refractivity contribution in [2.75, 3.05) is 14.2 Å². The van der Waals surface area contributed by atoms with E-state index >= 15 is 0 Å². The number of fused-ring (bicyclic) bond motifs is 1. The minimum atomic E-state index is -1.01. The van der Waals surface area contributed by atoms with Crippen molar-refractivity contribution in [3.63, 3.8) is 0 Å². The Labute approximate surface area is 143 Å². The van der Waals surface area contributed by atoms with Crippen molar-refractivity contribution < 1.29 is 34.0 Å². The zero-order chi connectivity index (χ0) is 18.1.